The summed E-state index contributed by atoms with van der Waals surface area (Å²) in [6.07, 6.45) is 0. The summed E-state index contributed by atoms with van der Waals surface area (Å²) in [6.45, 7) is 15.7. The van der Waals surface area contributed by atoms with Gasteiger partial charge < -0.3 is 19.8 Å². The molecule has 41 heavy (non-hydrogen) atoms. The maximum Gasteiger partial charge on any atom is 0.337 e. The number of carboxylic acids is 1. The van der Waals surface area contributed by atoms with E-state index in [4.69, 9.17) is 16.6 Å². The first-order valence-corrected chi connectivity index (χ1v) is 14.0. The Morgan fingerprint density at radius 3 is 2.32 bits per heavy atom. The van der Waals surface area contributed by atoms with E-state index in [1.807, 2.05) is 43.6 Å². The number of carbonyl (C=O) groups is 2. The molecule has 4 heterocycles. The van der Waals surface area contributed by atoms with Crippen LogP contribution in [0.15, 0.2) is 30.3 Å². The highest BCUT2D eigenvalue weighted by molar-refractivity contribution is 6.30. The maximum atomic E-state index is 14.2. The summed E-state index contributed by atoms with van der Waals surface area (Å²) in [7, 11) is 0. The number of aryl methyl sites for hydroxylation is 1. The molecule has 2 aromatic heterocycles. The lowest BCUT2D eigenvalue weighted by molar-refractivity contribution is 0.0506. The van der Waals surface area contributed by atoms with Crippen LogP contribution >= 0.6 is 11.6 Å². The van der Waals surface area contributed by atoms with E-state index >= 15 is 0 Å². The summed E-state index contributed by atoms with van der Waals surface area (Å²) in [6, 6.07) is 8.39. The van der Waals surface area contributed by atoms with Crippen LogP contribution in [-0.4, -0.2) is 63.6 Å². The molecule has 0 aliphatic carbocycles. The van der Waals surface area contributed by atoms with Gasteiger partial charge in [0.15, 0.2) is 0 Å². The second-order valence-corrected chi connectivity index (χ2v) is 12.7. The van der Waals surface area contributed by atoms with Gasteiger partial charge in [-0.3, -0.25) is 4.79 Å². The fraction of sp³-hybridized carbons (Fsp3) is 0.419. The predicted octanol–water partition coefficient (Wildman–Crippen LogP) is 6.06. The second kappa shape index (κ2) is 9.98. The van der Waals surface area contributed by atoms with Gasteiger partial charge >= 0.3 is 5.97 Å². The van der Waals surface area contributed by atoms with Crippen molar-refractivity contribution in [2.45, 2.75) is 59.4 Å². The van der Waals surface area contributed by atoms with Crippen molar-refractivity contribution in [3.8, 4) is 0 Å². The van der Waals surface area contributed by atoms with Crippen molar-refractivity contribution in [1.29, 1.82) is 0 Å². The smallest absolute Gasteiger partial charge is 0.337 e. The minimum absolute atomic E-state index is 0.0719. The highest BCUT2D eigenvalue weighted by atomic mass is 35.5. The number of hydrogen-bond donors (Lipinski definition) is 1. The van der Waals surface area contributed by atoms with Crippen molar-refractivity contribution < 1.29 is 19.1 Å². The molecule has 0 bridgehead atoms. The lowest BCUT2D eigenvalue weighted by atomic mass is 9.91. The highest BCUT2D eigenvalue weighted by Gasteiger charge is 2.41. The Bertz CT molecular complexity index is 1590. The normalized spacial score (nSPS) is 17.5. The molecule has 1 N–H and O–H groups in total. The average molecular weight is 580 g/mol. The summed E-state index contributed by atoms with van der Waals surface area (Å²) in [5, 5.41) is 9.69. The molecule has 0 radical (unpaired) electrons. The van der Waals surface area contributed by atoms with E-state index in [2.05, 4.69) is 23.7 Å². The van der Waals surface area contributed by atoms with Crippen LogP contribution in [0.1, 0.15) is 71.1 Å². The molecule has 0 spiro atoms. The van der Waals surface area contributed by atoms with Gasteiger partial charge in [0.1, 0.15) is 17.3 Å². The number of amides is 1. The number of aromatic nitrogens is 2. The van der Waals surface area contributed by atoms with Crippen molar-refractivity contribution >= 4 is 40.7 Å². The van der Waals surface area contributed by atoms with Crippen molar-refractivity contribution in [3.63, 3.8) is 0 Å². The number of benzene rings is 1. The quantitative estimate of drug-likeness (QED) is 0.401. The number of carbonyl (C=O) groups excluding carboxylic acids is 1. The predicted molar refractivity (Wildman–Crippen MR) is 158 cm³/mol. The number of halogens is 2. The lowest BCUT2D eigenvalue weighted by Gasteiger charge is -2.47. The first-order valence-electron chi connectivity index (χ1n) is 13.6. The first kappa shape index (κ1) is 28.8. The summed E-state index contributed by atoms with van der Waals surface area (Å²) < 4.78 is 14.2. The van der Waals surface area contributed by atoms with Gasteiger partial charge in [-0.1, -0.05) is 25.4 Å². The molecule has 0 unspecified atom stereocenters. The molecule has 216 valence electrons. The molecule has 1 saturated heterocycles. The van der Waals surface area contributed by atoms with Gasteiger partial charge in [-0.25, -0.2) is 19.2 Å². The Labute approximate surface area is 244 Å². The molecule has 8 nitrogen and oxygen atoms in total. The van der Waals surface area contributed by atoms with Crippen molar-refractivity contribution in [2.75, 3.05) is 36.0 Å². The summed E-state index contributed by atoms with van der Waals surface area (Å²) in [5.74, 6) is -0.861. The van der Waals surface area contributed by atoms with Gasteiger partial charge in [0.25, 0.3) is 5.91 Å². The Kier molecular flexibility index (Phi) is 7.01. The molecular formula is C31H35ClFN5O3. The topological polar surface area (TPSA) is 89.9 Å². The van der Waals surface area contributed by atoms with Gasteiger partial charge in [0, 0.05) is 37.3 Å². The highest BCUT2D eigenvalue weighted by Crippen LogP contribution is 2.44. The number of aromatic carboxylic acids is 1. The molecule has 2 aliphatic rings. The van der Waals surface area contributed by atoms with Crippen LogP contribution in [0.3, 0.4) is 0 Å². The third kappa shape index (κ3) is 4.90. The lowest BCUT2D eigenvalue weighted by Crippen LogP contribution is -2.61. The molecule has 10 heteroatoms. The summed E-state index contributed by atoms with van der Waals surface area (Å²) in [4.78, 5) is 41.1. The molecular weight excluding hydrogens is 545 g/mol. The Morgan fingerprint density at radius 1 is 0.976 bits per heavy atom. The first-order chi connectivity index (χ1) is 19.1. The molecule has 0 atom stereocenters. The number of carboxylic acid groups (broad SMARTS) is 1. The monoisotopic (exact) mass is 579 g/mol. The van der Waals surface area contributed by atoms with Gasteiger partial charge in [-0.05, 0) is 76.1 Å². The fourth-order valence-electron chi connectivity index (χ4n) is 6.12. The zero-order valence-electron chi connectivity index (χ0n) is 24.5. The summed E-state index contributed by atoms with van der Waals surface area (Å²) in [5.41, 5.74) is 4.03. The Balaban J connectivity index is 1.41. The van der Waals surface area contributed by atoms with Crippen LogP contribution in [0.25, 0.3) is 0 Å². The van der Waals surface area contributed by atoms with Crippen molar-refractivity contribution in [3.05, 3.63) is 74.9 Å². The number of hydrogen-bond acceptors (Lipinski definition) is 6. The number of anilines is 3. The molecule has 0 saturated carbocycles. The minimum atomic E-state index is -0.980. The SMILES string of the molecule is Cc1nc(N2CCN(C(=O)c3ccc4c(n3)C(C)(C)CN4c3ccc(Cl)c(F)c3)C(C)(C)C2)c(C)c(C)c1C(=O)O. The van der Waals surface area contributed by atoms with Crippen LogP contribution < -0.4 is 9.80 Å². The van der Waals surface area contributed by atoms with Gasteiger partial charge in [-0.15, -0.1) is 0 Å². The Hall–Kier alpha value is -3.72. The molecule has 1 aromatic carbocycles. The van der Waals surface area contributed by atoms with Crippen molar-refractivity contribution in [2.24, 2.45) is 0 Å². The second-order valence-electron chi connectivity index (χ2n) is 12.3. The zero-order valence-corrected chi connectivity index (χ0v) is 25.2. The molecule has 1 amide bonds. The maximum absolute atomic E-state index is 14.2. The number of fused-ring (bicyclic) bond motifs is 1. The standard InChI is InChI=1S/C31H35ClFN5O3/c1-17-18(2)27(34-19(3)25(17)29(40)41)36-12-13-38(31(6,7)16-36)28(39)23-10-11-24-26(35-23)30(4,5)15-37(24)20-8-9-21(32)22(33)14-20/h8-11,14H,12-13,15-16H2,1-7H3,(H,40,41). The van der Waals surface area contributed by atoms with Crippen LogP contribution in [0.2, 0.25) is 5.02 Å². The number of piperazine rings is 1. The van der Waals surface area contributed by atoms with Gasteiger partial charge in [-0.2, -0.15) is 0 Å². The van der Waals surface area contributed by atoms with Gasteiger partial charge in [0.05, 0.1) is 33.2 Å². The fourth-order valence-corrected chi connectivity index (χ4v) is 6.24. The van der Waals surface area contributed by atoms with E-state index in [9.17, 15) is 19.1 Å². The number of pyridine rings is 2. The zero-order chi connectivity index (χ0) is 30.0. The van der Waals surface area contributed by atoms with Crippen LogP contribution in [-0.2, 0) is 5.41 Å². The third-order valence-electron chi connectivity index (χ3n) is 8.36. The average Bonchev–Trinajstić information content (AvgIpc) is 3.16. The van der Waals surface area contributed by atoms with Crippen LogP contribution in [0.4, 0.5) is 21.6 Å². The van der Waals surface area contributed by atoms with E-state index in [1.165, 1.54) is 6.07 Å². The molecule has 1 fully saturated rings. The largest absolute Gasteiger partial charge is 0.478 e. The van der Waals surface area contributed by atoms with Crippen molar-refractivity contribution in [1.82, 2.24) is 14.9 Å². The van der Waals surface area contributed by atoms with E-state index < -0.39 is 17.3 Å². The van der Waals surface area contributed by atoms with Crippen LogP contribution in [0, 0.1) is 26.6 Å². The molecule has 2 aliphatic heterocycles. The van der Waals surface area contributed by atoms with Crippen LogP contribution in [0.5, 0.6) is 0 Å². The minimum Gasteiger partial charge on any atom is -0.478 e. The van der Waals surface area contributed by atoms with Gasteiger partial charge in [0.2, 0.25) is 0 Å². The number of nitrogens with zero attached hydrogens (tertiary/aromatic N) is 5. The molecule has 3 aromatic rings. The summed E-state index contributed by atoms with van der Waals surface area (Å²) >= 11 is 5.90. The van der Waals surface area contributed by atoms with E-state index in [0.717, 1.165) is 22.8 Å². The third-order valence-corrected chi connectivity index (χ3v) is 8.67. The van der Waals surface area contributed by atoms with E-state index in [0.29, 0.717) is 48.8 Å². The number of rotatable bonds is 4. The van der Waals surface area contributed by atoms with E-state index in [1.54, 1.807) is 25.1 Å². The molecule has 5 rings (SSSR count). The van der Waals surface area contributed by atoms with E-state index in [-0.39, 0.29) is 21.9 Å². The Morgan fingerprint density at radius 2 is 1.68 bits per heavy atom.